The second-order valence-electron chi connectivity index (χ2n) is 9.10. The fourth-order valence-corrected chi connectivity index (χ4v) is 5.65. The van der Waals surface area contributed by atoms with Gasteiger partial charge in [-0.3, -0.25) is 4.79 Å². The van der Waals surface area contributed by atoms with E-state index in [0.29, 0.717) is 51.5 Å². The summed E-state index contributed by atoms with van der Waals surface area (Å²) in [6, 6.07) is 12.1. The highest BCUT2D eigenvalue weighted by atomic mass is 35.5. The molecule has 0 saturated heterocycles. The fourth-order valence-electron chi connectivity index (χ4n) is 4.58. The Morgan fingerprint density at radius 2 is 1.58 bits per heavy atom. The first-order valence-corrected chi connectivity index (χ1v) is 14.5. The average Bonchev–Trinajstić information content (AvgIpc) is 3.03. The summed E-state index contributed by atoms with van der Waals surface area (Å²) in [5.41, 5.74) is 1.17. The van der Waals surface area contributed by atoms with E-state index in [1.54, 1.807) is 42.1 Å². The molecule has 0 amide bonds. The van der Waals surface area contributed by atoms with Gasteiger partial charge in [0.15, 0.2) is 17.3 Å². The monoisotopic (exact) mass is 624 g/mol. The molecule has 0 atom stereocenters. The van der Waals surface area contributed by atoms with E-state index in [1.165, 1.54) is 41.9 Å². The number of aromatic nitrogens is 2. The number of hydrogen-bond acceptors (Lipinski definition) is 11. The van der Waals surface area contributed by atoms with Crippen LogP contribution in [0.5, 0.6) is 34.5 Å². The molecule has 3 aromatic carbocycles. The highest BCUT2D eigenvalue weighted by Gasteiger charge is 2.24. The molecule has 0 saturated carbocycles. The molecular formula is C31H29ClN2O8S. The molecule has 0 aliphatic heterocycles. The summed E-state index contributed by atoms with van der Waals surface area (Å²) in [5.74, 6) is 2.83. The minimum absolute atomic E-state index is 0.0227. The Labute approximate surface area is 256 Å². The van der Waals surface area contributed by atoms with Gasteiger partial charge in [-0.15, -0.1) is 11.8 Å². The highest BCUT2D eigenvalue weighted by molar-refractivity contribution is 7.99. The zero-order valence-electron chi connectivity index (χ0n) is 24.2. The predicted octanol–water partition coefficient (Wildman–Crippen LogP) is 6.66. The van der Waals surface area contributed by atoms with Crippen LogP contribution in [-0.4, -0.2) is 57.9 Å². The van der Waals surface area contributed by atoms with Gasteiger partial charge >= 0.3 is 0 Å². The van der Waals surface area contributed by atoms with Crippen LogP contribution < -0.4 is 33.8 Å². The Morgan fingerprint density at radius 1 is 0.837 bits per heavy atom. The van der Waals surface area contributed by atoms with Crippen LogP contribution in [0.3, 0.4) is 0 Å². The van der Waals surface area contributed by atoms with Crippen LogP contribution in [0.4, 0.5) is 0 Å². The number of benzene rings is 3. The van der Waals surface area contributed by atoms with Crippen molar-refractivity contribution in [2.75, 3.05) is 47.9 Å². The minimum atomic E-state index is -0.395. The molecule has 5 rings (SSSR count). The summed E-state index contributed by atoms with van der Waals surface area (Å²) in [7, 11) is 7.53. The molecule has 0 N–H and O–H groups in total. The van der Waals surface area contributed by atoms with Gasteiger partial charge in [0.05, 0.1) is 47.7 Å². The van der Waals surface area contributed by atoms with Crippen LogP contribution in [-0.2, 0) is 0 Å². The molecule has 0 fully saturated rings. The maximum atomic E-state index is 14.0. The third-order valence-corrected chi connectivity index (χ3v) is 7.93. The normalized spacial score (nSPS) is 11.0. The molecular weight excluding hydrogens is 596 g/mol. The highest BCUT2D eigenvalue weighted by Crippen LogP contribution is 2.44. The maximum absolute atomic E-state index is 14.0. The number of ether oxygens (including phenoxy) is 6. The molecule has 5 aromatic rings. The van der Waals surface area contributed by atoms with Crippen molar-refractivity contribution in [1.82, 2.24) is 9.97 Å². The lowest BCUT2D eigenvalue weighted by molar-refractivity contribution is 0.309. The van der Waals surface area contributed by atoms with Crippen LogP contribution >= 0.6 is 23.4 Å². The van der Waals surface area contributed by atoms with Crippen molar-refractivity contribution >= 4 is 45.2 Å². The summed E-state index contributed by atoms with van der Waals surface area (Å²) in [6.45, 7) is 0.225. The van der Waals surface area contributed by atoms with E-state index in [4.69, 9.17) is 44.4 Å². The number of methoxy groups -OCH3 is 5. The summed E-state index contributed by atoms with van der Waals surface area (Å²) >= 11 is 7.75. The number of nitrogens with zero attached hydrogens (tertiary/aromatic N) is 2. The van der Waals surface area contributed by atoms with Crippen LogP contribution in [0, 0.1) is 0 Å². The van der Waals surface area contributed by atoms with Crippen molar-refractivity contribution in [3.05, 3.63) is 64.0 Å². The van der Waals surface area contributed by atoms with Crippen molar-refractivity contribution in [1.29, 1.82) is 0 Å². The maximum Gasteiger partial charge on any atom is 0.239 e. The van der Waals surface area contributed by atoms with Gasteiger partial charge in [-0.05, 0) is 36.8 Å². The molecule has 2 aromatic heterocycles. The van der Waals surface area contributed by atoms with Crippen molar-refractivity contribution in [2.45, 2.75) is 11.4 Å². The van der Waals surface area contributed by atoms with Gasteiger partial charge in [-0.25, -0.2) is 9.97 Å². The SMILES string of the molecule is COc1cc(OC)c2c(=O)c(OCCCSc3ncnc4ccc(Cl)cc34)c(-c3cc(OC)c(OC)c(OC)c3)oc2c1. The van der Waals surface area contributed by atoms with Crippen molar-refractivity contribution in [3.8, 4) is 45.8 Å². The summed E-state index contributed by atoms with van der Waals surface area (Å²) in [5, 5.41) is 2.54. The molecule has 0 unspecified atom stereocenters. The van der Waals surface area contributed by atoms with Crippen LogP contribution in [0.2, 0.25) is 5.02 Å². The standard InChI is InChI=1S/C31H29ClN2O8S/c1-36-19-14-22(37-2)26-23(15-19)42-28(17-11-24(38-3)29(40-5)25(12-17)39-4)30(27(26)35)41-9-6-10-43-31-20-13-18(32)7-8-21(20)33-16-34-31/h7-8,11-16H,6,9-10H2,1-5H3. The van der Waals surface area contributed by atoms with Crippen LogP contribution in [0.25, 0.3) is 33.2 Å². The Morgan fingerprint density at radius 3 is 2.26 bits per heavy atom. The third-order valence-electron chi connectivity index (χ3n) is 6.61. The van der Waals surface area contributed by atoms with E-state index < -0.39 is 5.43 Å². The van der Waals surface area contributed by atoms with Gasteiger partial charge in [-0.2, -0.15) is 0 Å². The average molecular weight is 625 g/mol. The van der Waals surface area contributed by atoms with E-state index >= 15 is 0 Å². The van der Waals surface area contributed by atoms with Gasteiger partial charge in [-0.1, -0.05) is 11.6 Å². The summed E-state index contributed by atoms with van der Waals surface area (Å²) < 4.78 is 39.9. The molecule has 224 valence electrons. The number of halogens is 1. The van der Waals surface area contributed by atoms with Crippen molar-refractivity contribution in [2.24, 2.45) is 0 Å². The lowest BCUT2D eigenvalue weighted by atomic mass is 10.1. The first-order chi connectivity index (χ1) is 20.9. The molecule has 0 aliphatic rings. The molecule has 12 heteroatoms. The van der Waals surface area contributed by atoms with Crippen LogP contribution in [0.15, 0.2) is 63.0 Å². The lowest BCUT2D eigenvalue weighted by Gasteiger charge is -2.17. The second-order valence-corrected chi connectivity index (χ2v) is 10.6. The fraction of sp³-hybridized carbons (Fsp3) is 0.258. The zero-order valence-corrected chi connectivity index (χ0v) is 25.8. The number of thioether (sulfide) groups is 1. The van der Waals surface area contributed by atoms with Crippen LogP contribution in [0.1, 0.15) is 6.42 Å². The summed E-state index contributed by atoms with van der Waals surface area (Å²) in [6.07, 6.45) is 2.13. The quantitative estimate of drug-likeness (QED) is 0.0843. The van der Waals surface area contributed by atoms with Gasteiger partial charge in [0, 0.05) is 33.9 Å². The summed E-state index contributed by atoms with van der Waals surface area (Å²) in [4.78, 5) is 22.7. The molecule has 0 aliphatic carbocycles. The van der Waals surface area contributed by atoms with E-state index in [1.807, 2.05) is 12.1 Å². The number of hydrogen-bond donors (Lipinski definition) is 0. The van der Waals surface area contributed by atoms with E-state index in [9.17, 15) is 4.79 Å². The molecule has 43 heavy (non-hydrogen) atoms. The van der Waals surface area contributed by atoms with Gasteiger partial charge < -0.3 is 32.8 Å². The first kappa shape index (κ1) is 30.1. The van der Waals surface area contributed by atoms with E-state index in [2.05, 4.69) is 9.97 Å². The van der Waals surface area contributed by atoms with E-state index in [-0.39, 0.29) is 29.1 Å². The van der Waals surface area contributed by atoms with Crippen molar-refractivity contribution < 1.29 is 32.8 Å². The number of fused-ring (bicyclic) bond motifs is 2. The number of rotatable bonds is 12. The molecule has 0 radical (unpaired) electrons. The van der Waals surface area contributed by atoms with Crippen molar-refractivity contribution in [3.63, 3.8) is 0 Å². The molecule has 0 bridgehead atoms. The topological polar surface area (TPSA) is 111 Å². The third kappa shape index (κ3) is 6.09. The zero-order chi connectivity index (χ0) is 30.5. The Balaban J connectivity index is 1.50. The van der Waals surface area contributed by atoms with Gasteiger partial charge in [0.25, 0.3) is 0 Å². The second kappa shape index (κ2) is 13.3. The molecule has 2 heterocycles. The minimum Gasteiger partial charge on any atom is -0.496 e. The largest absolute Gasteiger partial charge is 0.496 e. The smallest absolute Gasteiger partial charge is 0.239 e. The van der Waals surface area contributed by atoms with Gasteiger partial charge in [0.1, 0.15) is 33.8 Å². The van der Waals surface area contributed by atoms with E-state index in [0.717, 1.165) is 15.9 Å². The molecule has 0 spiro atoms. The Bertz CT molecular complexity index is 1820. The first-order valence-electron chi connectivity index (χ1n) is 13.1. The Kier molecular flexibility index (Phi) is 9.32. The lowest BCUT2D eigenvalue weighted by Crippen LogP contribution is -2.12. The molecule has 10 nitrogen and oxygen atoms in total. The Hall–Kier alpha value is -4.35. The van der Waals surface area contributed by atoms with Gasteiger partial charge in [0.2, 0.25) is 16.9 Å². The predicted molar refractivity (Wildman–Crippen MR) is 166 cm³/mol.